The van der Waals surface area contributed by atoms with Crippen LogP contribution in [0.4, 0.5) is 15.4 Å². The van der Waals surface area contributed by atoms with Gasteiger partial charge in [0.05, 0.1) is 17.6 Å². The van der Waals surface area contributed by atoms with E-state index in [2.05, 4.69) is 9.97 Å². The third-order valence-corrected chi connectivity index (χ3v) is 8.46. The molecule has 214 valence electrons. The number of aryl methyl sites for hydroxylation is 1. The second-order valence-electron chi connectivity index (χ2n) is 10.9. The molecule has 12 nitrogen and oxygen atoms in total. The summed E-state index contributed by atoms with van der Waals surface area (Å²) >= 11 is 0. The van der Waals surface area contributed by atoms with E-state index in [0.717, 1.165) is 14.4 Å². The van der Waals surface area contributed by atoms with E-state index in [1.54, 1.807) is 32.9 Å². The van der Waals surface area contributed by atoms with Crippen LogP contribution in [0.1, 0.15) is 39.7 Å². The molecule has 13 heteroatoms. The highest BCUT2D eigenvalue weighted by Crippen LogP contribution is 2.29. The highest BCUT2D eigenvalue weighted by molar-refractivity contribution is 7.90. The van der Waals surface area contributed by atoms with Crippen molar-refractivity contribution >= 4 is 45.0 Å². The van der Waals surface area contributed by atoms with Crippen LogP contribution in [0.2, 0.25) is 0 Å². The van der Waals surface area contributed by atoms with Crippen molar-refractivity contribution in [1.29, 1.82) is 0 Å². The van der Waals surface area contributed by atoms with Gasteiger partial charge in [0, 0.05) is 25.2 Å². The van der Waals surface area contributed by atoms with Crippen LogP contribution in [0.5, 0.6) is 0 Å². The Bertz CT molecular complexity index is 1540. The SMILES string of the molecule is CCC1CN(C(=O)O)CC1C(=O)CN(C(=O)OC(C)(C)C)c1cnc2c(ccn2S(=O)(=O)c2ccc(C)cc2)n1. The summed E-state index contributed by atoms with van der Waals surface area (Å²) < 4.78 is 33.0. The fraction of sp³-hybridized carbons (Fsp3) is 0.444. The number of nitrogens with zero attached hydrogens (tertiary/aromatic N) is 5. The molecule has 0 aliphatic carbocycles. The number of carbonyl (C=O) groups excluding carboxylic acids is 2. The summed E-state index contributed by atoms with van der Waals surface area (Å²) in [6.07, 6.45) is 1.22. The van der Waals surface area contributed by atoms with Crippen LogP contribution in [0.25, 0.3) is 11.2 Å². The lowest BCUT2D eigenvalue weighted by atomic mass is 9.90. The maximum atomic E-state index is 13.4. The van der Waals surface area contributed by atoms with Crippen molar-refractivity contribution < 1.29 is 32.6 Å². The number of Topliss-reactive ketones (excluding diaryl/α,β-unsaturated/α-hetero) is 1. The number of rotatable bonds is 7. The van der Waals surface area contributed by atoms with Crippen molar-refractivity contribution in [3.63, 3.8) is 0 Å². The zero-order chi connectivity index (χ0) is 29.4. The Morgan fingerprint density at radius 3 is 2.40 bits per heavy atom. The lowest BCUT2D eigenvalue weighted by molar-refractivity contribution is -0.122. The van der Waals surface area contributed by atoms with Crippen LogP contribution < -0.4 is 4.90 Å². The second kappa shape index (κ2) is 10.9. The number of fused-ring (bicyclic) bond motifs is 1. The van der Waals surface area contributed by atoms with Crippen molar-refractivity contribution in [3.8, 4) is 0 Å². The number of carboxylic acid groups (broad SMARTS) is 1. The number of ketones is 1. The molecule has 1 saturated heterocycles. The van der Waals surface area contributed by atoms with E-state index in [9.17, 15) is 27.9 Å². The Hall–Kier alpha value is -4.00. The van der Waals surface area contributed by atoms with Gasteiger partial charge in [-0.1, -0.05) is 31.0 Å². The van der Waals surface area contributed by atoms with Crippen molar-refractivity contribution in [1.82, 2.24) is 18.8 Å². The van der Waals surface area contributed by atoms with Crippen molar-refractivity contribution in [3.05, 3.63) is 48.3 Å². The number of aromatic nitrogens is 3. The van der Waals surface area contributed by atoms with E-state index in [4.69, 9.17) is 4.74 Å². The van der Waals surface area contributed by atoms with Gasteiger partial charge in [-0.15, -0.1) is 0 Å². The van der Waals surface area contributed by atoms with Gasteiger partial charge < -0.3 is 14.7 Å². The van der Waals surface area contributed by atoms with Gasteiger partial charge in [-0.2, -0.15) is 0 Å². The highest BCUT2D eigenvalue weighted by atomic mass is 32.2. The molecule has 0 bridgehead atoms. The van der Waals surface area contributed by atoms with E-state index in [1.165, 1.54) is 35.5 Å². The lowest BCUT2D eigenvalue weighted by Gasteiger charge is -2.27. The van der Waals surface area contributed by atoms with E-state index in [1.807, 2.05) is 13.8 Å². The number of hydrogen-bond acceptors (Lipinski definition) is 8. The van der Waals surface area contributed by atoms with Gasteiger partial charge in [0.25, 0.3) is 10.0 Å². The van der Waals surface area contributed by atoms with Crippen LogP contribution in [0.3, 0.4) is 0 Å². The first-order valence-electron chi connectivity index (χ1n) is 12.9. The largest absolute Gasteiger partial charge is 0.465 e. The molecule has 1 aliphatic rings. The molecule has 40 heavy (non-hydrogen) atoms. The smallest absolute Gasteiger partial charge is 0.416 e. The first kappa shape index (κ1) is 29.0. The summed E-state index contributed by atoms with van der Waals surface area (Å²) in [6, 6.07) is 7.86. The number of amides is 2. The number of hydrogen-bond donors (Lipinski definition) is 1. The summed E-state index contributed by atoms with van der Waals surface area (Å²) in [7, 11) is -3.96. The quantitative estimate of drug-likeness (QED) is 0.445. The zero-order valence-electron chi connectivity index (χ0n) is 23.1. The molecule has 1 aliphatic heterocycles. The highest BCUT2D eigenvalue weighted by Gasteiger charge is 2.40. The normalized spacial score (nSPS) is 17.7. The maximum Gasteiger partial charge on any atom is 0.416 e. The molecule has 2 unspecified atom stereocenters. The number of anilines is 1. The number of ether oxygens (including phenoxy) is 1. The lowest BCUT2D eigenvalue weighted by Crippen LogP contribution is -2.43. The Balaban J connectivity index is 1.68. The minimum absolute atomic E-state index is 0.00159. The third-order valence-electron chi connectivity index (χ3n) is 6.77. The fourth-order valence-corrected chi connectivity index (χ4v) is 5.96. The molecule has 0 saturated carbocycles. The summed E-state index contributed by atoms with van der Waals surface area (Å²) in [4.78, 5) is 49.2. The monoisotopic (exact) mass is 571 g/mol. The first-order chi connectivity index (χ1) is 18.7. The Morgan fingerprint density at radius 1 is 1.12 bits per heavy atom. The Labute approximate surface area is 232 Å². The van der Waals surface area contributed by atoms with Crippen molar-refractivity contribution in [2.45, 2.75) is 51.5 Å². The molecule has 3 aromatic rings. The van der Waals surface area contributed by atoms with Gasteiger partial charge in [-0.25, -0.2) is 31.9 Å². The van der Waals surface area contributed by atoms with Gasteiger partial charge in [-0.05, 0) is 51.8 Å². The predicted molar refractivity (Wildman–Crippen MR) is 147 cm³/mol. The summed E-state index contributed by atoms with van der Waals surface area (Å²) in [5.41, 5.74) is 0.286. The van der Waals surface area contributed by atoms with Gasteiger partial charge >= 0.3 is 12.2 Å². The molecule has 4 rings (SSSR count). The van der Waals surface area contributed by atoms with Gasteiger partial charge in [0.2, 0.25) is 0 Å². The van der Waals surface area contributed by atoms with E-state index in [0.29, 0.717) is 6.42 Å². The Morgan fingerprint density at radius 2 is 1.80 bits per heavy atom. The minimum Gasteiger partial charge on any atom is -0.465 e. The molecule has 1 fully saturated rings. The van der Waals surface area contributed by atoms with Crippen molar-refractivity contribution in [2.75, 3.05) is 24.5 Å². The molecule has 3 heterocycles. The summed E-state index contributed by atoms with van der Waals surface area (Å²) in [6.45, 7) is 8.66. The predicted octanol–water partition coefficient (Wildman–Crippen LogP) is 3.92. The third kappa shape index (κ3) is 5.93. The zero-order valence-corrected chi connectivity index (χ0v) is 23.9. The van der Waals surface area contributed by atoms with Crippen LogP contribution in [0, 0.1) is 18.8 Å². The topological polar surface area (TPSA) is 152 Å². The average molecular weight is 572 g/mol. The number of benzene rings is 1. The van der Waals surface area contributed by atoms with Crippen LogP contribution in [0.15, 0.2) is 47.6 Å². The molecule has 2 atom stereocenters. The standard InChI is InChI=1S/C27H33N5O7S/c1-6-18-14-30(25(34)35)15-20(18)22(33)16-31(26(36)39-27(3,4)5)23-13-28-24-21(29-23)11-12-32(24)40(37,38)19-9-7-17(2)8-10-19/h7-13,18,20H,6,14-16H2,1-5H3,(H,34,35). The molecule has 0 spiro atoms. The molecule has 0 radical (unpaired) electrons. The molecular weight excluding hydrogens is 538 g/mol. The first-order valence-corrected chi connectivity index (χ1v) is 14.3. The van der Waals surface area contributed by atoms with Gasteiger partial charge in [0.15, 0.2) is 17.2 Å². The second-order valence-corrected chi connectivity index (χ2v) is 12.7. The molecule has 2 amide bonds. The van der Waals surface area contributed by atoms with Gasteiger partial charge in [0.1, 0.15) is 11.1 Å². The van der Waals surface area contributed by atoms with E-state index < -0.39 is 40.3 Å². The van der Waals surface area contributed by atoms with Crippen molar-refractivity contribution in [2.24, 2.45) is 11.8 Å². The van der Waals surface area contributed by atoms with Gasteiger partial charge in [-0.3, -0.25) is 9.69 Å². The Kier molecular flexibility index (Phi) is 7.88. The van der Waals surface area contributed by atoms with E-state index in [-0.39, 0.29) is 46.7 Å². The number of carbonyl (C=O) groups is 3. The maximum absolute atomic E-state index is 13.4. The summed E-state index contributed by atoms with van der Waals surface area (Å²) in [5.74, 6) is -1.10. The average Bonchev–Trinajstić information content (AvgIpc) is 3.51. The van der Waals surface area contributed by atoms with Crippen LogP contribution >= 0.6 is 0 Å². The fourth-order valence-electron chi connectivity index (χ4n) is 4.66. The van der Waals surface area contributed by atoms with E-state index >= 15 is 0 Å². The summed E-state index contributed by atoms with van der Waals surface area (Å²) in [5, 5.41) is 9.41. The molecule has 1 N–H and O–H groups in total. The number of likely N-dealkylation sites (tertiary alicyclic amines) is 1. The van der Waals surface area contributed by atoms with Crippen LogP contribution in [-0.4, -0.2) is 75.6 Å². The molecular formula is C27H33N5O7S. The molecule has 2 aromatic heterocycles. The van der Waals surface area contributed by atoms with Crippen LogP contribution in [-0.2, 0) is 19.6 Å². The molecule has 1 aromatic carbocycles. The minimum atomic E-state index is -3.96.